The zero-order valence-electron chi connectivity index (χ0n) is 16.9. The van der Waals surface area contributed by atoms with E-state index in [9.17, 15) is 19.5 Å². The molecule has 1 aliphatic carbocycles. The number of hydrogen-bond donors (Lipinski definition) is 1. The van der Waals surface area contributed by atoms with E-state index in [4.69, 9.17) is 9.47 Å². The van der Waals surface area contributed by atoms with Crippen molar-refractivity contribution in [2.75, 3.05) is 20.3 Å². The number of carbonyl (C=O) groups is 3. The number of fused-ring (bicyclic) bond motifs is 2. The highest BCUT2D eigenvalue weighted by Crippen LogP contribution is 2.59. The van der Waals surface area contributed by atoms with E-state index in [1.807, 2.05) is 19.2 Å². The lowest BCUT2D eigenvalue weighted by molar-refractivity contribution is -0.145. The molecule has 0 spiro atoms. The summed E-state index contributed by atoms with van der Waals surface area (Å²) in [6, 6.07) is 6.36. The summed E-state index contributed by atoms with van der Waals surface area (Å²) in [6.07, 6.45) is 5.24. The second-order valence-corrected chi connectivity index (χ2v) is 7.80. The summed E-state index contributed by atoms with van der Waals surface area (Å²) in [5.41, 5.74) is -0.706. The van der Waals surface area contributed by atoms with Crippen molar-refractivity contribution >= 4 is 23.8 Å². The molecule has 0 radical (unpaired) electrons. The van der Waals surface area contributed by atoms with Gasteiger partial charge in [0.25, 0.3) is 5.60 Å². The maximum atomic E-state index is 13.4. The first kappa shape index (κ1) is 20.4. The molecular weight excluding hydrogens is 386 g/mol. The molecule has 7 nitrogen and oxygen atoms in total. The highest BCUT2D eigenvalue weighted by Gasteiger charge is 2.85. The number of carbonyl (C=O) groups excluding carboxylic acids is 3. The average Bonchev–Trinajstić information content (AvgIpc) is 3.18. The Morgan fingerprint density at radius 2 is 1.93 bits per heavy atom. The lowest BCUT2D eigenvalue weighted by atomic mass is 9.71. The third-order valence-electron chi connectivity index (χ3n) is 6.19. The van der Waals surface area contributed by atoms with E-state index in [-0.39, 0.29) is 24.2 Å². The van der Waals surface area contributed by atoms with Gasteiger partial charge >= 0.3 is 5.97 Å². The Kier molecular flexibility index (Phi) is 5.03. The number of methoxy groups -OCH3 is 1. The van der Waals surface area contributed by atoms with Crippen LogP contribution in [-0.4, -0.2) is 60.3 Å². The summed E-state index contributed by atoms with van der Waals surface area (Å²) >= 11 is 0. The van der Waals surface area contributed by atoms with Crippen molar-refractivity contribution in [3.05, 3.63) is 58.2 Å². The molecule has 1 aromatic carbocycles. The summed E-state index contributed by atoms with van der Waals surface area (Å²) in [7, 11) is 1.16. The molecule has 0 aromatic heterocycles. The maximum Gasteiger partial charge on any atom is 0.350 e. The number of nitrogens with zero attached hydrogens (tertiary/aromatic N) is 1. The third kappa shape index (κ3) is 2.80. The number of Topliss-reactive ketones (excluding diaryl/α,β-unsaturated/α-hetero) is 2. The maximum absolute atomic E-state index is 13.4. The van der Waals surface area contributed by atoms with Crippen LogP contribution in [0.15, 0.2) is 52.1 Å². The average molecular weight is 409 g/mol. The summed E-state index contributed by atoms with van der Waals surface area (Å²) < 4.78 is 10.6. The van der Waals surface area contributed by atoms with Gasteiger partial charge in [0.2, 0.25) is 5.78 Å². The van der Waals surface area contributed by atoms with E-state index < -0.39 is 28.7 Å². The fourth-order valence-electron chi connectivity index (χ4n) is 4.35. The summed E-state index contributed by atoms with van der Waals surface area (Å²) in [6.45, 7) is 2.25. The quantitative estimate of drug-likeness (QED) is 0.320. The molecule has 2 atom stereocenters. The summed E-state index contributed by atoms with van der Waals surface area (Å²) in [4.78, 5) is 43.3. The number of aliphatic hydroxyl groups is 1. The minimum Gasteiger partial charge on any atom is -0.466 e. The Morgan fingerprint density at radius 1 is 1.23 bits per heavy atom. The molecule has 0 saturated carbocycles. The summed E-state index contributed by atoms with van der Waals surface area (Å²) in [5, 5.41) is 10.0. The Bertz CT molecular complexity index is 1040. The molecule has 30 heavy (non-hydrogen) atoms. The van der Waals surface area contributed by atoms with Gasteiger partial charge < -0.3 is 14.6 Å². The van der Waals surface area contributed by atoms with Crippen LogP contribution in [0.5, 0.6) is 0 Å². The molecule has 156 valence electrons. The number of aliphatic hydroxyl groups excluding tert-OH is 1. The fraction of sp³-hybridized carbons (Fsp3) is 0.391. The van der Waals surface area contributed by atoms with Crippen LogP contribution in [0.2, 0.25) is 0 Å². The van der Waals surface area contributed by atoms with Gasteiger partial charge in [-0.2, -0.15) is 0 Å². The molecule has 1 fully saturated rings. The minimum absolute atomic E-state index is 0.0452. The predicted molar refractivity (Wildman–Crippen MR) is 109 cm³/mol. The van der Waals surface area contributed by atoms with Gasteiger partial charge in [-0.05, 0) is 30.9 Å². The van der Waals surface area contributed by atoms with E-state index in [2.05, 4.69) is 4.99 Å². The number of ether oxygens (including phenoxy) is 2. The minimum atomic E-state index is -1.99. The summed E-state index contributed by atoms with van der Waals surface area (Å²) in [5.74, 6) is -1.91. The van der Waals surface area contributed by atoms with Crippen molar-refractivity contribution in [2.45, 2.75) is 37.4 Å². The Morgan fingerprint density at radius 3 is 2.53 bits per heavy atom. The molecular formula is C23H23NO6. The Balaban J connectivity index is 1.70. The lowest BCUT2D eigenvalue weighted by Crippen LogP contribution is -2.50. The SMILES string of the molecule is COC(=O)[C@]12O[C@@]1(C/C(CO)=C(\C)CCC1=CCN=C1)C(=O)c1ccccc1C2=O. The molecule has 1 N–H and O–H groups in total. The number of benzene rings is 1. The van der Waals surface area contributed by atoms with Crippen molar-refractivity contribution in [1.82, 2.24) is 0 Å². The highest BCUT2D eigenvalue weighted by molar-refractivity contribution is 6.32. The first-order chi connectivity index (χ1) is 14.4. The van der Waals surface area contributed by atoms with Crippen molar-refractivity contribution in [3.63, 3.8) is 0 Å². The predicted octanol–water partition coefficient (Wildman–Crippen LogP) is 2.24. The molecule has 1 saturated heterocycles. The normalized spacial score (nSPS) is 27.2. The van der Waals surface area contributed by atoms with Gasteiger partial charge in [0.15, 0.2) is 11.4 Å². The number of hydrogen-bond acceptors (Lipinski definition) is 7. The van der Waals surface area contributed by atoms with Gasteiger partial charge in [-0.1, -0.05) is 35.9 Å². The third-order valence-corrected chi connectivity index (χ3v) is 6.19. The lowest BCUT2D eigenvalue weighted by Gasteiger charge is -2.24. The van der Waals surface area contributed by atoms with Crippen molar-refractivity contribution in [1.29, 1.82) is 0 Å². The zero-order chi connectivity index (χ0) is 21.5. The van der Waals surface area contributed by atoms with E-state index in [0.717, 1.165) is 24.7 Å². The molecule has 7 heteroatoms. The number of aliphatic imine (C=N–C) groups is 1. The highest BCUT2D eigenvalue weighted by atomic mass is 16.7. The monoisotopic (exact) mass is 409 g/mol. The standard InChI is InChI=1S/C23H23NO6/c1-14(7-8-15-9-10-24-12-15)16(13-25)11-22-19(26)17-5-3-4-6-18(17)20(27)23(22,30-22)21(28)29-2/h3-6,9,12,25H,7-8,10-11,13H2,1-2H3/b16-14-/t22-,23-/m0/s1. The molecule has 2 aliphatic heterocycles. The van der Waals surface area contributed by atoms with Crippen molar-refractivity contribution in [2.24, 2.45) is 4.99 Å². The van der Waals surface area contributed by atoms with Crippen LogP contribution in [0.4, 0.5) is 0 Å². The van der Waals surface area contributed by atoms with Gasteiger partial charge in [-0.3, -0.25) is 14.6 Å². The molecule has 0 bridgehead atoms. The zero-order valence-corrected chi connectivity index (χ0v) is 16.9. The molecule has 1 aromatic rings. The second-order valence-electron chi connectivity index (χ2n) is 7.80. The van der Waals surface area contributed by atoms with Crippen molar-refractivity contribution < 1.29 is 29.0 Å². The first-order valence-electron chi connectivity index (χ1n) is 9.85. The fourth-order valence-corrected chi connectivity index (χ4v) is 4.35. The van der Waals surface area contributed by atoms with Gasteiger partial charge in [0, 0.05) is 23.8 Å². The molecule has 2 heterocycles. The number of ketones is 2. The van der Waals surface area contributed by atoms with E-state index >= 15 is 0 Å². The van der Waals surface area contributed by atoms with Crippen LogP contribution in [0.25, 0.3) is 0 Å². The number of rotatable bonds is 7. The van der Waals surface area contributed by atoms with Gasteiger partial charge in [0.05, 0.1) is 20.3 Å². The Labute approximate surface area is 174 Å². The first-order valence-corrected chi connectivity index (χ1v) is 9.85. The second kappa shape index (κ2) is 7.41. The van der Waals surface area contributed by atoms with Gasteiger partial charge in [-0.25, -0.2) is 4.79 Å². The molecule has 0 unspecified atom stereocenters. The van der Waals surface area contributed by atoms with Gasteiger partial charge in [0.1, 0.15) is 0 Å². The number of allylic oxidation sites excluding steroid dienone is 2. The van der Waals surface area contributed by atoms with Crippen LogP contribution < -0.4 is 0 Å². The van der Waals surface area contributed by atoms with Crippen LogP contribution in [0.3, 0.4) is 0 Å². The molecule has 4 rings (SSSR count). The Hall–Kier alpha value is -2.90. The number of esters is 1. The van der Waals surface area contributed by atoms with Gasteiger partial charge in [-0.15, -0.1) is 0 Å². The molecule has 0 amide bonds. The largest absolute Gasteiger partial charge is 0.466 e. The van der Waals surface area contributed by atoms with Crippen LogP contribution in [-0.2, 0) is 14.3 Å². The van der Waals surface area contributed by atoms with Crippen molar-refractivity contribution in [3.8, 4) is 0 Å². The van der Waals surface area contributed by atoms with E-state index in [0.29, 0.717) is 18.5 Å². The van der Waals surface area contributed by atoms with Crippen LogP contribution in [0, 0.1) is 0 Å². The van der Waals surface area contributed by atoms with Crippen LogP contribution >= 0.6 is 0 Å². The molecule has 3 aliphatic rings. The smallest absolute Gasteiger partial charge is 0.350 e. The van der Waals surface area contributed by atoms with Crippen LogP contribution in [0.1, 0.15) is 46.9 Å². The topological polar surface area (TPSA) is 106 Å². The number of epoxide rings is 1. The van der Waals surface area contributed by atoms with E-state index in [1.165, 1.54) is 6.07 Å². The van der Waals surface area contributed by atoms with E-state index in [1.54, 1.807) is 18.2 Å².